The van der Waals surface area contributed by atoms with Gasteiger partial charge in [0.05, 0.1) is 0 Å². The van der Waals surface area contributed by atoms with Crippen LogP contribution >= 0.6 is 0 Å². The van der Waals surface area contributed by atoms with Gasteiger partial charge in [0, 0.05) is 19.3 Å². The predicted molar refractivity (Wildman–Crippen MR) is 247 cm³/mol. The van der Waals surface area contributed by atoms with Crippen LogP contribution in [0.1, 0.15) is 207 Å². The van der Waals surface area contributed by atoms with Gasteiger partial charge in [0.1, 0.15) is 13.2 Å². The van der Waals surface area contributed by atoms with Crippen LogP contribution in [0.5, 0.6) is 0 Å². The number of allylic oxidation sites excluding steroid dienone is 14. The molecule has 1 unspecified atom stereocenters. The number of esters is 3. The average Bonchev–Trinajstić information content (AvgIpc) is 3.22. The molecular formula is C52H86O6. The molecule has 330 valence electrons. The van der Waals surface area contributed by atoms with Crippen LogP contribution in [0, 0.1) is 0 Å². The third-order valence-electron chi connectivity index (χ3n) is 9.80. The highest BCUT2D eigenvalue weighted by atomic mass is 16.6. The summed E-state index contributed by atoms with van der Waals surface area (Å²) in [5.74, 6) is -0.966. The Morgan fingerprint density at radius 1 is 0.362 bits per heavy atom. The second-order valence-electron chi connectivity index (χ2n) is 15.4. The first kappa shape index (κ1) is 54.6. The van der Waals surface area contributed by atoms with Gasteiger partial charge < -0.3 is 14.2 Å². The molecule has 0 aliphatic carbocycles. The number of carbonyl (C=O) groups excluding carboxylic acids is 3. The van der Waals surface area contributed by atoms with E-state index >= 15 is 0 Å². The maximum absolute atomic E-state index is 12.7. The van der Waals surface area contributed by atoms with E-state index in [1.54, 1.807) is 0 Å². The largest absolute Gasteiger partial charge is 0.462 e. The highest BCUT2D eigenvalue weighted by molar-refractivity contribution is 5.71. The Morgan fingerprint density at radius 2 is 0.690 bits per heavy atom. The maximum Gasteiger partial charge on any atom is 0.306 e. The molecule has 0 radical (unpaired) electrons. The lowest BCUT2D eigenvalue weighted by Gasteiger charge is -2.18. The summed E-state index contributed by atoms with van der Waals surface area (Å²) < 4.78 is 16.7. The summed E-state index contributed by atoms with van der Waals surface area (Å²) in [5, 5.41) is 0. The number of rotatable bonds is 41. The molecule has 0 spiro atoms. The quantitative estimate of drug-likeness (QED) is 0.0201. The van der Waals surface area contributed by atoms with Crippen LogP contribution in [0.4, 0.5) is 0 Å². The first-order valence-corrected chi connectivity index (χ1v) is 23.7. The molecular weight excluding hydrogens is 721 g/mol. The van der Waals surface area contributed by atoms with Gasteiger partial charge in [-0.1, -0.05) is 209 Å². The standard InChI is InChI=1S/C52H86O6/c1-4-7-10-13-16-19-21-23-25-26-27-29-30-33-36-39-42-45-51(54)57-48-49(47-56-50(53)44-41-38-35-32-18-15-12-9-6-3)58-52(55)46-43-40-37-34-31-28-24-22-20-17-14-11-8-5-2/h7,10,13,16,19,21,23,25-31,49H,4-6,8-9,11-12,14-15,17-18,20,22,24,32-48H2,1-3H3/b10-7-,16-13-,21-19-,25-23-,27-26+,30-29-,31-28-. The number of unbranched alkanes of at least 4 members (excludes halogenated alkanes) is 21. The van der Waals surface area contributed by atoms with E-state index in [-0.39, 0.29) is 31.1 Å². The van der Waals surface area contributed by atoms with Gasteiger partial charge in [-0.3, -0.25) is 14.4 Å². The predicted octanol–water partition coefficient (Wildman–Crippen LogP) is 15.3. The van der Waals surface area contributed by atoms with Crippen LogP contribution < -0.4 is 0 Å². The van der Waals surface area contributed by atoms with Gasteiger partial charge in [-0.15, -0.1) is 0 Å². The van der Waals surface area contributed by atoms with Crippen molar-refractivity contribution in [3.8, 4) is 0 Å². The first-order chi connectivity index (χ1) is 28.5. The molecule has 0 heterocycles. The highest BCUT2D eigenvalue weighted by Gasteiger charge is 2.19. The Morgan fingerprint density at radius 3 is 1.12 bits per heavy atom. The highest BCUT2D eigenvalue weighted by Crippen LogP contribution is 2.13. The molecule has 0 aliphatic heterocycles. The summed E-state index contributed by atoms with van der Waals surface area (Å²) in [5.41, 5.74) is 0. The van der Waals surface area contributed by atoms with Crippen molar-refractivity contribution in [1.82, 2.24) is 0 Å². The minimum absolute atomic E-state index is 0.0969. The summed E-state index contributed by atoms with van der Waals surface area (Å²) in [6.07, 6.45) is 58.5. The molecule has 0 aromatic carbocycles. The SMILES string of the molecule is CC\C=C/C=C\C=C/C=C\C=C\C=C/CCCCCC(=O)OCC(COC(=O)CCCCCCCCCCC)OC(=O)CCCCC/C=C\CCCCCCCCC. The van der Waals surface area contributed by atoms with Crippen LogP contribution in [-0.2, 0) is 28.6 Å². The number of hydrogen-bond donors (Lipinski definition) is 0. The van der Waals surface area contributed by atoms with Crippen LogP contribution in [0.15, 0.2) is 85.1 Å². The monoisotopic (exact) mass is 807 g/mol. The molecule has 0 aromatic rings. The van der Waals surface area contributed by atoms with Gasteiger partial charge in [0.15, 0.2) is 6.10 Å². The van der Waals surface area contributed by atoms with E-state index < -0.39 is 6.10 Å². The molecule has 0 amide bonds. The summed E-state index contributed by atoms with van der Waals surface area (Å²) in [6, 6.07) is 0. The minimum Gasteiger partial charge on any atom is -0.462 e. The fourth-order valence-electron chi connectivity index (χ4n) is 6.23. The van der Waals surface area contributed by atoms with E-state index in [0.29, 0.717) is 19.3 Å². The third kappa shape index (κ3) is 43.7. The van der Waals surface area contributed by atoms with E-state index in [1.165, 1.54) is 83.5 Å². The molecule has 6 heteroatoms. The molecule has 0 fully saturated rings. The maximum atomic E-state index is 12.7. The molecule has 1 atom stereocenters. The van der Waals surface area contributed by atoms with Gasteiger partial charge >= 0.3 is 17.9 Å². The Labute approximate surface area is 356 Å². The van der Waals surface area contributed by atoms with Crippen LogP contribution in [-0.4, -0.2) is 37.2 Å². The zero-order valence-corrected chi connectivity index (χ0v) is 37.5. The van der Waals surface area contributed by atoms with Gasteiger partial charge in [-0.25, -0.2) is 0 Å². The topological polar surface area (TPSA) is 78.9 Å². The summed E-state index contributed by atoms with van der Waals surface area (Å²) in [4.78, 5) is 37.7. The van der Waals surface area contributed by atoms with Crippen LogP contribution in [0.3, 0.4) is 0 Å². The number of ether oxygens (including phenoxy) is 3. The van der Waals surface area contributed by atoms with Gasteiger partial charge in [0.25, 0.3) is 0 Å². The molecule has 0 saturated heterocycles. The molecule has 0 rings (SSSR count). The molecule has 0 aromatic heterocycles. The molecule has 0 aliphatic rings. The number of carbonyl (C=O) groups is 3. The van der Waals surface area contributed by atoms with Gasteiger partial charge in [0.2, 0.25) is 0 Å². The minimum atomic E-state index is -0.799. The fourth-order valence-corrected chi connectivity index (χ4v) is 6.23. The molecule has 0 N–H and O–H groups in total. The van der Waals surface area contributed by atoms with E-state index in [9.17, 15) is 14.4 Å². The zero-order chi connectivity index (χ0) is 42.3. The van der Waals surface area contributed by atoms with Crippen molar-refractivity contribution < 1.29 is 28.6 Å². The summed E-state index contributed by atoms with van der Waals surface area (Å²) in [7, 11) is 0. The lowest BCUT2D eigenvalue weighted by Crippen LogP contribution is -2.30. The second kappa shape index (κ2) is 46.3. The Kier molecular flexibility index (Phi) is 43.6. The Hall–Kier alpha value is -3.41. The summed E-state index contributed by atoms with van der Waals surface area (Å²) >= 11 is 0. The van der Waals surface area contributed by atoms with E-state index in [1.807, 2.05) is 60.8 Å². The van der Waals surface area contributed by atoms with E-state index in [4.69, 9.17) is 14.2 Å². The first-order valence-electron chi connectivity index (χ1n) is 23.7. The Bertz CT molecular complexity index is 1160. The van der Waals surface area contributed by atoms with Crippen molar-refractivity contribution in [2.45, 2.75) is 213 Å². The van der Waals surface area contributed by atoms with Crippen LogP contribution in [0.25, 0.3) is 0 Å². The van der Waals surface area contributed by atoms with E-state index in [2.05, 4.69) is 45.1 Å². The van der Waals surface area contributed by atoms with Crippen molar-refractivity contribution in [2.75, 3.05) is 13.2 Å². The van der Waals surface area contributed by atoms with Crippen molar-refractivity contribution in [2.24, 2.45) is 0 Å². The van der Waals surface area contributed by atoms with Crippen molar-refractivity contribution in [3.05, 3.63) is 85.1 Å². The zero-order valence-electron chi connectivity index (χ0n) is 37.5. The molecule has 6 nitrogen and oxygen atoms in total. The molecule has 0 saturated carbocycles. The van der Waals surface area contributed by atoms with Crippen LogP contribution in [0.2, 0.25) is 0 Å². The van der Waals surface area contributed by atoms with Gasteiger partial charge in [-0.2, -0.15) is 0 Å². The van der Waals surface area contributed by atoms with E-state index in [0.717, 1.165) is 83.5 Å². The summed E-state index contributed by atoms with van der Waals surface area (Å²) in [6.45, 7) is 6.40. The van der Waals surface area contributed by atoms with Crippen molar-refractivity contribution >= 4 is 17.9 Å². The second-order valence-corrected chi connectivity index (χ2v) is 15.4. The smallest absolute Gasteiger partial charge is 0.306 e. The Balaban J connectivity index is 4.48. The molecule has 58 heavy (non-hydrogen) atoms. The fraction of sp³-hybridized carbons (Fsp3) is 0.673. The molecule has 0 bridgehead atoms. The van der Waals surface area contributed by atoms with Crippen molar-refractivity contribution in [1.29, 1.82) is 0 Å². The number of hydrogen-bond acceptors (Lipinski definition) is 6. The average molecular weight is 807 g/mol. The van der Waals surface area contributed by atoms with Crippen molar-refractivity contribution in [3.63, 3.8) is 0 Å². The van der Waals surface area contributed by atoms with Gasteiger partial charge in [-0.05, 0) is 64.2 Å². The lowest BCUT2D eigenvalue weighted by molar-refractivity contribution is -0.167. The normalized spacial score (nSPS) is 12.8. The lowest BCUT2D eigenvalue weighted by atomic mass is 10.1. The third-order valence-corrected chi connectivity index (χ3v) is 9.80.